The third-order valence-electron chi connectivity index (χ3n) is 2.47. The Bertz CT molecular complexity index is 304. The minimum absolute atomic E-state index is 0.323. The topological polar surface area (TPSA) is 26.0 Å². The van der Waals surface area contributed by atoms with Gasteiger partial charge in [-0.1, -0.05) is 38.3 Å². The van der Waals surface area contributed by atoms with Crippen molar-refractivity contribution in [2.45, 2.75) is 43.5 Å². The number of benzene rings is 1. The summed E-state index contributed by atoms with van der Waals surface area (Å²) in [5.74, 6) is 1.01. The number of rotatable bonds is 7. The van der Waals surface area contributed by atoms with E-state index in [4.69, 9.17) is 5.73 Å². The van der Waals surface area contributed by atoms with Crippen LogP contribution in [-0.2, 0) is 0 Å². The molecule has 3 heteroatoms. The standard InChI is InChI=1S/C13H20BrNS/c1-2-3-4-7-11(15)10-16-13-9-6-5-8-12(13)14/h5-6,8-9,11H,2-4,7,10,15H2,1H3. The highest BCUT2D eigenvalue weighted by atomic mass is 79.9. The molecule has 1 atom stereocenters. The van der Waals surface area contributed by atoms with E-state index in [1.165, 1.54) is 28.6 Å². The van der Waals surface area contributed by atoms with Gasteiger partial charge in [-0.3, -0.25) is 0 Å². The summed E-state index contributed by atoms with van der Waals surface area (Å²) in [6, 6.07) is 8.63. The lowest BCUT2D eigenvalue weighted by Gasteiger charge is -2.11. The van der Waals surface area contributed by atoms with Gasteiger partial charge < -0.3 is 5.73 Å². The van der Waals surface area contributed by atoms with E-state index in [0.29, 0.717) is 6.04 Å². The predicted octanol–water partition coefficient (Wildman–Crippen LogP) is 4.45. The molecule has 1 rings (SSSR count). The second kappa shape index (κ2) is 8.15. The van der Waals surface area contributed by atoms with Crippen LogP contribution in [0.25, 0.3) is 0 Å². The van der Waals surface area contributed by atoms with Crippen LogP contribution >= 0.6 is 27.7 Å². The molecule has 90 valence electrons. The van der Waals surface area contributed by atoms with Gasteiger partial charge in [0.15, 0.2) is 0 Å². The summed E-state index contributed by atoms with van der Waals surface area (Å²) in [4.78, 5) is 1.29. The maximum absolute atomic E-state index is 6.08. The van der Waals surface area contributed by atoms with Crippen molar-refractivity contribution >= 4 is 27.7 Å². The molecule has 0 spiro atoms. The van der Waals surface area contributed by atoms with Gasteiger partial charge in [-0.2, -0.15) is 0 Å². The van der Waals surface area contributed by atoms with Gasteiger partial charge in [0.2, 0.25) is 0 Å². The molecule has 0 aliphatic rings. The van der Waals surface area contributed by atoms with Crippen LogP contribution < -0.4 is 5.73 Å². The smallest absolute Gasteiger partial charge is 0.0311 e. The Morgan fingerprint density at radius 3 is 2.75 bits per heavy atom. The molecule has 16 heavy (non-hydrogen) atoms. The zero-order chi connectivity index (χ0) is 11.8. The third kappa shape index (κ3) is 5.37. The number of nitrogens with two attached hydrogens (primary N) is 1. The van der Waals surface area contributed by atoms with Crippen molar-refractivity contribution in [2.75, 3.05) is 5.75 Å². The predicted molar refractivity (Wildman–Crippen MR) is 77.0 cm³/mol. The zero-order valence-corrected chi connectivity index (χ0v) is 12.2. The van der Waals surface area contributed by atoms with Crippen LogP contribution in [0.15, 0.2) is 33.6 Å². The molecule has 0 heterocycles. The molecule has 1 aromatic rings. The van der Waals surface area contributed by atoms with Crippen LogP contribution in [0.5, 0.6) is 0 Å². The minimum Gasteiger partial charge on any atom is -0.327 e. The SMILES string of the molecule is CCCCCC(N)CSc1ccccc1Br. The van der Waals surface area contributed by atoms with Crippen molar-refractivity contribution in [3.8, 4) is 0 Å². The van der Waals surface area contributed by atoms with Crippen molar-refractivity contribution in [3.63, 3.8) is 0 Å². The van der Waals surface area contributed by atoms with Crippen molar-refractivity contribution in [3.05, 3.63) is 28.7 Å². The van der Waals surface area contributed by atoms with E-state index >= 15 is 0 Å². The van der Waals surface area contributed by atoms with Gasteiger partial charge >= 0.3 is 0 Å². The molecule has 1 unspecified atom stereocenters. The monoisotopic (exact) mass is 301 g/mol. The summed E-state index contributed by atoms with van der Waals surface area (Å²) >= 11 is 5.39. The summed E-state index contributed by atoms with van der Waals surface area (Å²) in [7, 11) is 0. The van der Waals surface area contributed by atoms with Gasteiger partial charge in [0, 0.05) is 21.2 Å². The van der Waals surface area contributed by atoms with Crippen molar-refractivity contribution in [1.82, 2.24) is 0 Å². The Labute approximate surface area is 111 Å². The van der Waals surface area contributed by atoms with Crippen LogP contribution in [0.2, 0.25) is 0 Å². The van der Waals surface area contributed by atoms with E-state index in [0.717, 1.165) is 12.2 Å². The largest absolute Gasteiger partial charge is 0.327 e. The molecule has 0 aromatic heterocycles. The Kier molecular flexibility index (Phi) is 7.17. The normalized spacial score (nSPS) is 12.7. The molecule has 0 saturated carbocycles. The first-order chi connectivity index (χ1) is 7.74. The van der Waals surface area contributed by atoms with E-state index in [1.807, 2.05) is 17.8 Å². The molecule has 0 bridgehead atoms. The van der Waals surface area contributed by atoms with E-state index in [-0.39, 0.29) is 0 Å². The highest BCUT2D eigenvalue weighted by molar-refractivity contribution is 9.10. The highest BCUT2D eigenvalue weighted by Crippen LogP contribution is 2.27. The van der Waals surface area contributed by atoms with E-state index in [1.54, 1.807) is 0 Å². The molecule has 2 N–H and O–H groups in total. The lowest BCUT2D eigenvalue weighted by atomic mass is 10.1. The molecule has 1 aromatic carbocycles. The molecular formula is C13H20BrNS. The van der Waals surface area contributed by atoms with Crippen LogP contribution in [-0.4, -0.2) is 11.8 Å². The fourth-order valence-electron chi connectivity index (χ4n) is 1.50. The minimum atomic E-state index is 0.323. The van der Waals surface area contributed by atoms with E-state index < -0.39 is 0 Å². The van der Waals surface area contributed by atoms with Gasteiger partial charge in [0.05, 0.1) is 0 Å². The molecule has 0 aliphatic carbocycles. The number of hydrogen-bond donors (Lipinski definition) is 1. The van der Waals surface area contributed by atoms with Crippen LogP contribution in [0.4, 0.5) is 0 Å². The van der Waals surface area contributed by atoms with E-state index in [2.05, 4.69) is 41.1 Å². The average molecular weight is 302 g/mol. The summed E-state index contributed by atoms with van der Waals surface area (Å²) in [5, 5.41) is 0. The second-order valence-electron chi connectivity index (χ2n) is 4.00. The van der Waals surface area contributed by atoms with Gasteiger partial charge in [0.1, 0.15) is 0 Å². The maximum Gasteiger partial charge on any atom is 0.0311 e. The molecule has 0 radical (unpaired) electrons. The molecule has 0 fully saturated rings. The quantitative estimate of drug-likeness (QED) is 0.595. The fourth-order valence-corrected chi connectivity index (χ4v) is 3.07. The fraction of sp³-hybridized carbons (Fsp3) is 0.538. The van der Waals surface area contributed by atoms with Crippen molar-refractivity contribution in [2.24, 2.45) is 5.73 Å². The third-order valence-corrected chi connectivity index (χ3v) is 4.68. The lowest BCUT2D eigenvalue weighted by Crippen LogP contribution is -2.22. The zero-order valence-electron chi connectivity index (χ0n) is 9.79. The number of thioether (sulfide) groups is 1. The molecule has 0 aliphatic heterocycles. The maximum atomic E-state index is 6.08. The second-order valence-corrected chi connectivity index (χ2v) is 5.91. The number of unbranched alkanes of at least 4 members (excludes halogenated alkanes) is 2. The molecule has 0 saturated heterocycles. The van der Waals surface area contributed by atoms with Gasteiger partial charge in [-0.25, -0.2) is 0 Å². The van der Waals surface area contributed by atoms with Crippen LogP contribution in [0, 0.1) is 0 Å². The summed E-state index contributed by atoms with van der Waals surface area (Å²) in [6.07, 6.45) is 4.97. The highest BCUT2D eigenvalue weighted by Gasteiger charge is 2.05. The Morgan fingerprint density at radius 1 is 1.31 bits per heavy atom. The summed E-state index contributed by atoms with van der Waals surface area (Å²) in [6.45, 7) is 2.22. The molecule has 1 nitrogen and oxygen atoms in total. The van der Waals surface area contributed by atoms with Crippen LogP contribution in [0.3, 0.4) is 0 Å². The van der Waals surface area contributed by atoms with E-state index in [9.17, 15) is 0 Å². The molecular weight excluding hydrogens is 282 g/mol. The van der Waals surface area contributed by atoms with Gasteiger partial charge in [0.25, 0.3) is 0 Å². The average Bonchev–Trinajstić information content (AvgIpc) is 2.28. The lowest BCUT2D eigenvalue weighted by molar-refractivity contribution is 0.597. The van der Waals surface area contributed by atoms with Crippen molar-refractivity contribution < 1.29 is 0 Å². The Balaban J connectivity index is 2.26. The number of hydrogen-bond acceptors (Lipinski definition) is 2. The summed E-state index contributed by atoms with van der Waals surface area (Å²) in [5.41, 5.74) is 6.08. The number of halogens is 1. The van der Waals surface area contributed by atoms with Crippen LogP contribution in [0.1, 0.15) is 32.6 Å². The first-order valence-electron chi connectivity index (χ1n) is 5.87. The Hall–Kier alpha value is 0.01000. The van der Waals surface area contributed by atoms with Crippen molar-refractivity contribution in [1.29, 1.82) is 0 Å². The first kappa shape index (κ1) is 14.1. The molecule has 0 amide bonds. The Morgan fingerprint density at radius 2 is 2.06 bits per heavy atom. The van der Waals surface area contributed by atoms with Gasteiger partial charge in [-0.15, -0.1) is 11.8 Å². The first-order valence-corrected chi connectivity index (χ1v) is 7.64. The summed E-state index contributed by atoms with van der Waals surface area (Å²) < 4.78 is 1.17. The van der Waals surface area contributed by atoms with Gasteiger partial charge in [-0.05, 0) is 34.5 Å².